The third kappa shape index (κ3) is 3.53. The molecular weight excluding hydrogens is 295 g/mol. The molecule has 1 aromatic rings. The Morgan fingerprint density at radius 3 is 2.25 bits per heavy atom. The highest BCUT2D eigenvalue weighted by Crippen LogP contribution is 2.43. The molecular formula is C16H22Cl2O2. The number of rotatable bonds is 3. The van der Waals surface area contributed by atoms with E-state index in [2.05, 4.69) is 27.7 Å². The minimum absolute atomic E-state index is 0.118. The Bertz CT molecular complexity index is 480. The molecule has 0 saturated heterocycles. The van der Waals surface area contributed by atoms with Crippen molar-refractivity contribution in [2.45, 2.75) is 39.5 Å². The van der Waals surface area contributed by atoms with Crippen molar-refractivity contribution >= 4 is 23.2 Å². The monoisotopic (exact) mass is 316 g/mol. The van der Waals surface area contributed by atoms with Gasteiger partial charge in [-0.1, -0.05) is 39.3 Å². The fourth-order valence-corrected chi connectivity index (χ4v) is 2.90. The Morgan fingerprint density at radius 1 is 1.15 bits per heavy atom. The largest absolute Gasteiger partial charge is 0.486 e. The van der Waals surface area contributed by atoms with Crippen LogP contribution in [0.25, 0.3) is 0 Å². The summed E-state index contributed by atoms with van der Waals surface area (Å²) in [5.41, 5.74) is 1.15. The zero-order chi connectivity index (χ0) is 14.9. The zero-order valence-corrected chi connectivity index (χ0v) is 14.0. The number of benzene rings is 1. The van der Waals surface area contributed by atoms with Crippen molar-refractivity contribution < 1.29 is 9.47 Å². The Hall–Kier alpha value is -0.600. The summed E-state index contributed by atoms with van der Waals surface area (Å²) in [4.78, 5) is 0. The van der Waals surface area contributed by atoms with Gasteiger partial charge in [-0.3, -0.25) is 0 Å². The van der Waals surface area contributed by atoms with Crippen molar-refractivity contribution in [3.8, 4) is 11.5 Å². The molecule has 0 saturated carbocycles. The van der Waals surface area contributed by atoms with Crippen LogP contribution in [0.2, 0.25) is 5.02 Å². The molecule has 20 heavy (non-hydrogen) atoms. The lowest BCUT2D eigenvalue weighted by molar-refractivity contribution is 0.171. The van der Waals surface area contributed by atoms with Crippen LogP contribution in [0.15, 0.2) is 12.1 Å². The first-order chi connectivity index (χ1) is 9.29. The molecule has 0 aromatic heterocycles. The minimum Gasteiger partial charge on any atom is -0.486 e. The first-order valence-corrected chi connectivity index (χ1v) is 7.83. The summed E-state index contributed by atoms with van der Waals surface area (Å²) >= 11 is 12.9. The Labute approximate surface area is 131 Å². The summed E-state index contributed by atoms with van der Waals surface area (Å²) < 4.78 is 11.1. The summed E-state index contributed by atoms with van der Waals surface area (Å²) in [5.74, 6) is 1.94. The number of alkyl halides is 1. The molecule has 0 radical (unpaired) electrons. The molecule has 0 fully saturated rings. The van der Waals surface area contributed by atoms with E-state index in [9.17, 15) is 0 Å². The van der Waals surface area contributed by atoms with Gasteiger partial charge >= 0.3 is 0 Å². The Balaban J connectivity index is 2.19. The average molecular weight is 317 g/mol. The van der Waals surface area contributed by atoms with E-state index in [1.165, 1.54) is 0 Å². The Morgan fingerprint density at radius 2 is 1.70 bits per heavy atom. The Kier molecular flexibility index (Phi) is 4.76. The van der Waals surface area contributed by atoms with Crippen LogP contribution in [0.5, 0.6) is 11.5 Å². The lowest BCUT2D eigenvalue weighted by Gasteiger charge is -2.29. The van der Waals surface area contributed by atoms with E-state index in [1.54, 1.807) is 0 Å². The topological polar surface area (TPSA) is 18.5 Å². The highest BCUT2D eigenvalue weighted by Gasteiger charge is 2.26. The molecule has 0 spiro atoms. The lowest BCUT2D eigenvalue weighted by Crippen LogP contribution is -2.19. The molecule has 1 aliphatic heterocycles. The smallest absolute Gasteiger partial charge is 0.162 e. The molecule has 0 amide bonds. The molecule has 2 nitrogen and oxygen atoms in total. The highest BCUT2D eigenvalue weighted by molar-refractivity contribution is 6.33. The molecule has 2 unspecified atom stereocenters. The fourth-order valence-electron chi connectivity index (χ4n) is 2.11. The zero-order valence-electron chi connectivity index (χ0n) is 12.5. The van der Waals surface area contributed by atoms with Gasteiger partial charge in [0.15, 0.2) is 11.5 Å². The van der Waals surface area contributed by atoms with E-state index in [4.69, 9.17) is 32.7 Å². The van der Waals surface area contributed by atoms with Crippen LogP contribution in [-0.4, -0.2) is 13.2 Å². The van der Waals surface area contributed by atoms with Crippen LogP contribution in [0, 0.1) is 11.3 Å². The van der Waals surface area contributed by atoms with Crippen molar-refractivity contribution in [2.75, 3.05) is 13.2 Å². The molecule has 0 N–H and O–H groups in total. The van der Waals surface area contributed by atoms with E-state index >= 15 is 0 Å². The van der Waals surface area contributed by atoms with Gasteiger partial charge in [0.05, 0.1) is 5.38 Å². The van der Waals surface area contributed by atoms with Crippen LogP contribution >= 0.6 is 23.2 Å². The maximum Gasteiger partial charge on any atom is 0.162 e. The highest BCUT2D eigenvalue weighted by atomic mass is 35.5. The number of hydrogen-bond donors (Lipinski definition) is 0. The van der Waals surface area contributed by atoms with Gasteiger partial charge < -0.3 is 9.47 Å². The molecule has 0 aliphatic carbocycles. The van der Waals surface area contributed by atoms with Gasteiger partial charge in [0.25, 0.3) is 0 Å². The first-order valence-electron chi connectivity index (χ1n) is 7.02. The normalized spacial score (nSPS) is 17.7. The van der Waals surface area contributed by atoms with Crippen LogP contribution < -0.4 is 9.47 Å². The fraction of sp³-hybridized carbons (Fsp3) is 0.625. The maximum absolute atomic E-state index is 6.57. The molecule has 2 rings (SSSR count). The van der Waals surface area contributed by atoms with Crippen molar-refractivity contribution in [1.82, 2.24) is 0 Å². The van der Waals surface area contributed by atoms with Gasteiger partial charge in [-0.05, 0) is 29.4 Å². The molecule has 1 aromatic carbocycles. The third-order valence-corrected chi connectivity index (χ3v) is 4.78. The van der Waals surface area contributed by atoms with Gasteiger partial charge in [0.1, 0.15) is 13.2 Å². The summed E-state index contributed by atoms with van der Waals surface area (Å²) in [7, 11) is 0. The van der Waals surface area contributed by atoms with Crippen molar-refractivity contribution in [1.29, 1.82) is 0 Å². The van der Waals surface area contributed by atoms with Crippen LogP contribution in [0.4, 0.5) is 0 Å². The van der Waals surface area contributed by atoms with Gasteiger partial charge in [-0.2, -0.15) is 0 Å². The standard InChI is InChI=1S/C16H22Cl2O2/c1-10(16(2,3)4)7-12(17)11-8-14-15(9-13(11)18)20-6-5-19-14/h8-10,12H,5-7H2,1-4H3. The van der Waals surface area contributed by atoms with E-state index in [1.807, 2.05) is 12.1 Å². The molecule has 1 heterocycles. The second-order valence-corrected chi connectivity index (χ2v) is 7.42. The number of ether oxygens (including phenoxy) is 2. The van der Waals surface area contributed by atoms with Gasteiger partial charge in [0.2, 0.25) is 0 Å². The quantitative estimate of drug-likeness (QED) is 0.689. The maximum atomic E-state index is 6.57. The van der Waals surface area contributed by atoms with Gasteiger partial charge in [-0.25, -0.2) is 0 Å². The summed E-state index contributed by atoms with van der Waals surface area (Å²) in [6.45, 7) is 10.0. The molecule has 1 aliphatic rings. The van der Waals surface area contributed by atoms with E-state index in [-0.39, 0.29) is 10.8 Å². The van der Waals surface area contributed by atoms with E-state index in [0.717, 1.165) is 17.7 Å². The molecule has 112 valence electrons. The van der Waals surface area contributed by atoms with Crippen molar-refractivity contribution in [3.63, 3.8) is 0 Å². The van der Waals surface area contributed by atoms with Crippen molar-refractivity contribution in [3.05, 3.63) is 22.7 Å². The van der Waals surface area contributed by atoms with E-state index < -0.39 is 0 Å². The predicted octanol–water partition coefficient (Wildman–Crippen LogP) is 5.46. The van der Waals surface area contributed by atoms with Crippen LogP contribution in [0.3, 0.4) is 0 Å². The van der Waals surface area contributed by atoms with Crippen molar-refractivity contribution in [2.24, 2.45) is 11.3 Å². The van der Waals surface area contributed by atoms with Crippen LogP contribution in [-0.2, 0) is 0 Å². The minimum atomic E-state index is -0.118. The van der Waals surface area contributed by atoms with E-state index in [0.29, 0.717) is 29.9 Å². The average Bonchev–Trinajstić information content (AvgIpc) is 2.36. The second kappa shape index (κ2) is 6.03. The third-order valence-electron chi connectivity index (χ3n) is 4.04. The number of fused-ring (bicyclic) bond motifs is 1. The first kappa shape index (κ1) is 15.8. The molecule has 4 heteroatoms. The lowest BCUT2D eigenvalue weighted by atomic mass is 9.79. The molecule has 0 bridgehead atoms. The van der Waals surface area contributed by atoms with Gasteiger partial charge in [-0.15, -0.1) is 11.6 Å². The summed E-state index contributed by atoms with van der Waals surface area (Å²) in [5, 5.41) is 0.530. The number of halogens is 2. The summed E-state index contributed by atoms with van der Waals surface area (Å²) in [6, 6.07) is 3.73. The number of hydrogen-bond acceptors (Lipinski definition) is 2. The molecule has 2 atom stereocenters. The van der Waals surface area contributed by atoms with Crippen LogP contribution in [0.1, 0.15) is 45.1 Å². The second-order valence-electron chi connectivity index (χ2n) is 6.49. The van der Waals surface area contributed by atoms with Gasteiger partial charge in [0, 0.05) is 11.1 Å². The SMILES string of the molecule is CC(CC(Cl)c1cc2c(cc1Cl)OCCO2)C(C)(C)C. The summed E-state index contributed by atoms with van der Waals surface area (Å²) in [6.07, 6.45) is 0.879. The predicted molar refractivity (Wildman–Crippen MR) is 84.3 cm³/mol.